The SMILES string of the molecule is O=C1CCC(N2Cc3cc(CCC(=O)Nc4ccc(Cl)cc4)ccc3C2=O)C(=O)N1. The molecule has 30 heavy (non-hydrogen) atoms. The number of fused-ring (bicyclic) bond motifs is 1. The second-order valence-electron chi connectivity index (χ2n) is 7.45. The Morgan fingerprint density at radius 3 is 2.63 bits per heavy atom. The van der Waals surface area contributed by atoms with Gasteiger partial charge in [0.25, 0.3) is 5.91 Å². The summed E-state index contributed by atoms with van der Waals surface area (Å²) in [5.41, 5.74) is 3.02. The Labute approximate surface area is 178 Å². The maximum absolute atomic E-state index is 12.7. The van der Waals surface area contributed by atoms with E-state index in [1.807, 2.05) is 12.1 Å². The third-order valence-electron chi connectivity index (χ3n) is 5.36. The molecule has 0 radical (unpaired) electrons. The van der Waals surface area contributed by atoms with E-state index in [0.717, 1.165) is 11.1 Å². The molecule has 0 aromatic heterocycles. The Morgan fingerprint density at radius 2 is 1.90 bits per heavy atom. The van der Waals surface area contributed by atoms with Gasteiger partial charge in [0, 0.05) is 35.7 Å². The van der Waals surface area contributed by atoms with Gasteiger partial charge in [-0.1, -0.05) is 23.7 Å². The second kappa shape index (κ2) is 8.28. The molecule has 2 aliphatic heterocycles. The van der Waals surface area contributed by atoms with Crippen molar-refractivity contribution >= 4 is 40.9 Å². The summed E-state index contributed by atoms with van der Waals surface area (Å²) in [6.07, 6.45) is 1.39. The molecule has 4 amide bonds. The number of hydrogen-bond donors (Lipinski definition) is 2. The topological polar surface area (TPSA) is 95.6 Å². The van der Waals surface area contributed by atoms with Gasteiger partial charge < -0.3 is 10.2 Å². The Morgan fingerprint density at radius 1 is 1.13 bits per heavy atom. The number of halogens is 1. The molecule has 8 heteroatoms. The number of carbonyl (C=O) groups is 4. The fraction of sp³-hybridized carbons (Fsp3) is 0.273. The molecule has 1 unspecified atom stereocenters. The minimum Gasteiger partial charge on any atom is -0.326 e. The number of piperidine rings is 1. The number of nitrogens with zero attached hydrogens (tertiary/aromatic N) is 1. The number of nitrogens with one attached hydrogen (secondary N) is 2. The zero-order valence-corrected chi connectivity index (χ0v) is 16.9. The van der Waals surface area contributed by atoms with Gasteiger partial charge in [0.15, 0.2) is 0 Å². The first-order chi connectivity index (χ1) is 14.4. The van der Waals surface area contributed by atoms with Crippen molar-refractivity contribution in [2.75, 3.05) is 5.32 Å². The molecule has 1 atom stereocenters. The van der Waals surface area contributed by atoms with E-state index >= 15 is 0 Å². The summed E-state index contributed by atoms with van der Waals surface area (Å²) in [6.45, 7) is 0.325. The number of hydrogen-bond acceptors (Lipinski definition) is 4. The second-order valence-corrected chi connectivity index (χ2v) is 7.88. The fourth-order valence-corrected chi connectivity index (χ4v) is 3.92. The average molecular weight is 426 g/mol. The number of benzene rings is 2. The lowest BCUT2D eigenvalue weighted by Crippen LogP contribution is -2.52. The van der Waals surface area contributed by atoms with Gasteiger partial charge in [-0.3, -0.25) is 24.5 Å². The van der Waals surface area contributed by atoms with Gasteiger partial charge in [0.05, 0.1) is 0 Å². The Bertz CT molecular complexity index is 1040. The van der Waals surface area contributed by atoms with Crippen molar-refractivity contribution < 1.29 is 19.2 Å². The van der Waals surface area contributed by atoms with Crippen LogP contribution >= 0.6 is 11.6 Å². The van der Waals surface area contributed by atoms with Gasteiger partial charge >= 0.3 is 0 Å². The molecular weight excluding hydrogens is 406 g/mol. The standard InChI is InChI=1S/C22H20ClN3O4/c23-15-3-5-16(6-4-15)24-19(27)9-2-13-1-7-17-14(11-13)12-26(22(17)30)18-8-10-20(28)25-21(18)29/h1,3-7,11,18H,2,8-10,12H2,(H,24,27)(H,25,28,29). The molecule has 2 heterocycles. The van der Waals surface area contributed by atoms with Crippen molar-refractivity contribution in [1.29, 1.82) is 0 Å². The number of carbonyl (C=O) groups excluding carboxylic acids is 4. The van der Waals surface area contributed by atoms with Crippen LogP contribution in [0.15, 0.2) is 42.5 Å². The van der Waals surface area contributed by atoms with Gasteiger partial charge in [0.1, 0.15) is 6.04 Å². The lowest BCUT2D eigenvalue weighted by Gasteiger charge is -2.29. The maximum Gasteiger partial charge on any atom is 0.255 e. The fourth-order valence-electron chi connectivity index (χ4n) is 3.80. The largest absolute Gasteiger partial charge is 0.326 e. The maximum atomic E-state index is 12.7. The van der Waals surface area contributed by atoms with E-state index in [0.29, 0.717) is 42.1 Å². The van der Waals surface area contributed by atoms with Crippen LogP contribution in [-0.4, -0.2) is 34.6 Å². The Hall–Kier alpha value is -3.19. The van der Waals surface area contributed by atoms with Gasteiger partial charge in [0.2, 0.25) is 17.7 Å². The van der Waals surface area contributed by atoms with Gasteiger partial charge in [-0.25, -0.2) is 0 Å². The summed E-state index contributed by atoms with van der Waals surface area (Å²) in [7, 11) is 0. The van der Waals surface area contributed by atoms with E-state index in [4.69, 9.17) is 11.6 Å². The first-order valence-corrected chi connectivity index (χ1v) is 10.1. The summed E-state index contributed by atoms with van der Waals surface area (Å²) >= 11 is 5.84. The average Bonchev–Trinajstić information content (AvgIpc) is 3.04. The Balaban J connectivity index is 1.38. The van der Waals surface area contributed by atoms with Crippen molar-refractivity contribution in [3.8, 4) is 0 Å². The van der Waals surface area contributed by atoms with Crippen LogP contribution in [0.4, 0.5) is 5.69 Å². The predicted octanol–water partition coefficient (Wildman–Crippen LogP) is 2.67. The number of anilines is 1. The highest BCUT2D eigenvalue weighted by Crippen LogP contribution is 2.28. The monoisotopic (exact) mass is 425 g/mol. The summed E-state index contributed by atoms with van der Waals surface area (Å²) in [5.74, 6) is -1.04. The lowest BCUT2D eigenvalue weighted by molar-refractivity contribution is -0.137. The van der Waals surface area contributed by atoms with Crippen LogP contribution in [0.5, 0.6) is 0 Å². The summed E-state index contributed by atoms with van der Waals surface area (Å²) in [5, 5.41) is 5.73. The summed E-state index contributed by atoms with van der Waals surface area (Å²) < 4.78 is 0. The molecule has 0 spiro atoms. The molecule has 0 bridgehead atoms. The predicted molar refractivity (Wildman–Crippen MR) is 111 cm³/mol. The molecule has 7 nitrogen and oxygen atoms in total. The molecule has 2 aliphatic rings. The van der Waals surface area contributed by atoms with Crippen LogP contribution in [0.3, 0.4) is 0 Å². The summed E-state index contributed by atoms with van der Waals surface area (Å²) in [6, 6.07) is 11.8. The van der Waals surface area contributed by atoms with Gasteiger partial charge in [-0.2, -0.15) is 0 Å². The molecule has 0 saturated carbocycles. The van der Waals surface area contributed by atoms with Crippen molar-refractivity contribution in [3.05, 3.63) is 64.2 Å². The van der Waals surface area contributed by atoms with Crippen molar-refractivity contribution in [2.45, 2.75) is 38.3 Å². The van der Waals surface area contributed by atoms with E-state index in [9.17, 15) is 19.2 Å². The minimum absolute atomic E-state index is 0.112. The zero-order chi connectivity index (χ0) is 21.3. The molecule has 154 valence electrons. The van der Waals surface area contributed by atoms with Crippen LogP contribution < -0.4 is 10.6 Å². The van der Waals surface area contributed by atoms with E-state index in [1.54, 1.807) is 30.3 Å². The smallest absolute Gasteiger partial charge is 0.255 e. The molecule has 1 saturated heterocycles. The first kappa shape index (κ1) is 20.1. The lowest BCUT2D eigenvalue weighted by atomic mass is 10.0. The van der Waals surface area contributed by atoms with Gasteiger partial charge in [-0.05, 0) is 54.3 Å². The zero-order valence-electron chi connectivity index (χ0n) is 16.1. The molecular formula is C22H20ClN3O4. The molecule has 2 N–H and O–H groups in total. The van der Waals surface area contributed by atoms with E-state index in [-0.39, 0.29) is 24.1 Å². The van der Waals surface area contributed by atoms with Crippen LogP contribution in [-0.2, 0) is 27.3 Å². The van der Waals surface area contributed by atoms with E-state index < -0.39 is 11.9 Å². The highest BCUT2D eigenvalue weighted by molar-refractivity contribution is 6.30. The summed E-state index contributed by atoms with van der Waals surface area (Å²) in [4.78, 5) is 49.9. The normalized spacial score (nSPS) is 18.2. The third-order valence-corrected chi connectivity index (χ3v) is 5.61. The Kier molecular flexibility index (Phi) is 5.55. The van der Waals surface area contributed by atoms with Gasteiger partial charge in [-0.15, -0.1) is 0 Å². The minimum atomic E-state index is -0.629. The number of imide groups is 1. The molecule has 2 aromatic carbocycles. The molecule has 2 aromatic rings. The third kappa shape index (κ3) is 4.21. The van der Waals surface area contributed by atoms with Crippen LogP contribution in [0, 0.1) is 0 Å². The van der Waals surface area contributed by atoms with Crippen molar-refractivity contribution in [3.63, 3.8) is 0 Å². The number of aryl methyl sites for hydroxylation is 1. The van der Waals surface area contributed by atoms with Crippen LogP contribution in [0.2, 0.25) is 5.02 Å². The van der Waals surface area contributed by atoms with Crippen LogP contribution in [0.1, 0.15) is 40.7 Å². The van der Waals surface area contributed by atoms with Crippen molar-refractivity contribution in [1.82, 2.24) is 10.2 Å². The van der Waals surface area contributed by atoms with Crippen molar-refractivity contribution in [2.24, 2.45) is 0 Å². The highest BCUT2D eigenvalue weighted by atomic mass is 35.5. The highest BCUT2D eigenvalue weighted by Gasteiger charge is 2.39. The molecule has 0 aliphatic carbocycles. The first-order valence-electron chi connectivity index (χ1n) is 9.72. The van der Waals surface area contributed by atoms with Crippen LogP contribution in [0.25, 0.3) is 0 Å². The van der Waals surface area contributed by atoms with E-state index in [1.165, 1.54) is 4.90 Å². The number of rotatable bonds is 5. The number of amides is 4. The molecule has 4 rings (SSSR count). The molecule has 1 fully saturated rings. The quantitative estimate of drug-likeness (QED) is 0.720. The van der Waals surface area contributed by atoms with E-state index in [2.05, 4.69) is 10.6 Å².